The van der Waals surface area contributed by atoms with Crippen molar-refractivity contribution in [3.05, 3.63) is 80.8 Å². The van der Waals surface area contributed by atoms with E-state index < -0.39 is 11.3 Å². The van der Waals surface area contributed by atoms with E-state index in [9.17, 15) is 15.2 Å². The van der Waals surface area contributed by atoms with E-state index in [-0.39, 0.29) is 11.3 Å². The Hall–Kier alpha value is -3.26. The van der Waals surface area contributed by atoms with Crippen LogP contribution in [0.5, 0.6) is 5.75 Å². The van der Waals surface area contributed by atoms with Gasteiger partial charge in [-0.1, -0.05) is 32.5 Å². The molecule has 2 N–H and O–H groups in total. The number of benzene rings is 3. The maximum Gasteiger partial charge on any atom is 0.259 e. The molecule has 0 aliphatic rings. The highest BCUT2D eigenvalue weighted by molar-refractivity contribution is 9.10. The topological polar surface area (TPSA) is 96.9 Å². The number of hydrogen-bond donors (Lipinski definition) is 2. The molecule has 0 unspecified atom stereocenters. The summed E-state index contributed by atoms with van der Waals surface area (Å²) in [6.07, 6.45) is 0. The summed E-state index contributed by atoms with van der Waals surface area (Å²) in [5.74, 6) is -0.596. The molecule has 0 heterocycles. The summed E-state index contributed by atoms with van der Waals surface area (Å²) >= 11 is 5.04. The lowest BCUT2D eigenvalue weighted by Gasteiger charge is -2.23. The number of nitriles is 2. The first-order valence-electron chi connectivity index (χ1n) is 10.1. The summed E-state index contributed by atoms with van der Waals surface area (Å²) in [5, 5.41) is 32.2. The fraction of sp³-hybridized carbons (Fsp3) is 0.192. The van der Waals surface area contributed by atoms with Gasteiger partial charge in [0.25, 0.3) is 5.91 Å². The van der Waals surface area contributed by atoms with E-state index in [0.29, 0.717) is 32.4 Å². The highest BCUT2D eigenvalue weighted by Gasteiger charge is 2.27. The monoisotopic (exact) mass is 519 g/mol. The minimum atomic E-state index is -0.485. The molecule has 0 aromatic heterocycles. The van der Waals surface area contributed by atoms with Crippen LogP contribution in [0.2, 0.25) is 0 Å². The van der Waals surface area contributed by atoms with E-state index in [1.165, 1.54) is 11.8 Å². The van der Waals surface area contributed by atoms with E-state index >= 15 is 0 Å². The SMILES string of the molecule is Cc1c(C#N)cc(C(C)(C)C)c(O)c1C(=O)Nc1ccc(Sc2ccc(C#N)cc2)cc1Br. The molecule has 7 heteroatoms. The molecule has 5 nitrogen and oxygen atoms in total. The van der Waals surface area contributed by atoms with Crippen LogP contribution in [-0.2, 0) is 5.41 Å². The van der Waals surface area contributed by atoms with Crippen molar-refractivity contribution < 1.29 is 9.90 Å². The van der Waals surface area contributed by atoms with E-state index in [4.69, 9.17) is 5.26 Å². The van der Waals surface area contributed by atoms with Crippen LogP contribution in [0.3, 0.4) is 0 Å². The molecular weight excluding hydrogens is 498 g/mol. The van der Waals surface area contributed by atoms with Gasteiger partial charge in [0.2, 0.25) is 0 Å². The molecular formula is C26H22BrN3O2S. The summed E-state index contributed by atoms with van der Waals surface area (Å²) in [6.45, 7) is 7.41. The molecule has 33 heavy (non-hydrogen) atoms. The maximum atomic E-state index is 13.2. The van der Waals surface area contributed by atoms with E-state index in [1.54, 1.807) is 31.2 Å². The normalized spacial score (nSPS) is 10.9. The molecule has 0 atom stereocenters. The highest BCUT2D eigenvalue weighted by Crippen LogP contribution is 2.38. The zero-order valence-electron chi connectivity index (χ0n) is 18.7. The van der Waals surface area contributed by atoms with E-state index in [0.717, 1.165) is 9.79 Å². The van der Waals surface area contributed by atoms with Gasteiger partial charge in [0.15, 0.2) is 0 Å². The van der Waals surface area contributed by atoms with Gasteiger partial charge in [-0.2, -0.15) is 10.5 Å². The quantitative estimate of drug-likeness (QED) is 0.390. The van der Waals surface area contributed by atoms with Gasteiger partial charge in [-0.3, -0.25) is 4.79 Å². The second-order valence-electron chi connectivity index (χ2n) is 8.52. The van der Waals surface area contributed by atoms with Gasteiger partial charge in [0.1, 0.15) is 5.75 Å². The summed E-state index contributed by atoms with van der Waals surface area (Å²) in [5.41, 5.74) is 2.14. The number of phenols is 1. The molecule has 3 rings (SSSR count). The summed E-state index contributed by atoms with van der Waals surface area (Å²) in [7, 11) is 0. The Kier molecular flexibility index (Phi) is 7.17. The van der Waals surface area contributed by atoms with Crippen LogP contribution < -0.4 is 5.32 Å². The molecule has 1 amide bonds. The number of anilines is 1. The smallest absolute Gasteiger partial charge is 0.259 e. The number of halogens is 1. The number of hydrogen-bond acceptors (Lipinski definition) is 5. The third kappa shape index (κ3) is 5.39. The molecule has 3 aromatic rings. The molecule has 0 spiro atoms. The summed E-state index contributed by atoms with van der Waals surface area (Å²) in [4.78, 5) is 15.1. The first kappa shape index (κ1) is 24.4. The zero-order valence-corrected chi connectivity index (χ0v) is 21.1. The zero-order chi connectivity index (χ0) is 24.3. The Labute approximate surface area is 206 Å². The number of nitrogens with one attached hydrogen (secondary N) is 1. The molecule has 0 bridgehead atoms. The molecule has 0 saturated heterocycles. The molecule has 0 fully saturated rings. The Morgan fingerprint density at radius 2 is 1.67 bits per heavy atom. The summed E-state index contributed by atoms with van der Waals surface area (Å²) in [6, 6.07) is 18.7. The van der Waals surface area contributed by atoms with Crippen molar-refractivity contribution >= 4 is 39.3 Å². The van der Waals surface area contributed by atoms with Crippen LogP contribution in [0.1, 0.15) is 53.4 Å². The second kappa shape index (κ2) is 9.70. The molecule has 0 radical (unpaired) electrons. The van der Waals surface area contributed by atoms with E-state index in [2.05, 4.69) is 33.4 Å². The lowest BCUT2D eigenvalue weighted by atomic mass is 9.82. The van der Waals surface area contributed by atoms with Crippen LogP contribution in [0.4, 0.5) is 5.69 Å². The number of phenolic OH excluding ortho intramolecular Hbond substituents is 1. The average Bonchev–Trinajstić information content (AvgIpc) is 2.75. The fourth-order valence-corrected chi connectivity index (χ4v) is 4.80. The average molecular weight is 520 g/mol. The van der Waals surface area contributed by atoms with Crippen molar-refractivity contribution in [1.29, 1.82) is 10.5 Å². The third-order valence-corrected chi connectivity index (χ3v) is 6.78. The molecule has 0 aliphatic heterocycles. The van der Waals surface area contributed by atoms with Crippen LogP contribution in [0.15, 0.2) is 62.8 Å². The van der Waals surface area contributed by atoms with Crippen molar-refractivity contribution in [3.63, 3.8) is 0 Å². The van der Waals surface area contributed by atoms with Gasteiger partial charge in [-0.05, 0) is 82.4 Å². The van der Waals surface area contributed by atoms with Gasteiger partial charge in [0.05, 0.1) is 34.5 Å². The predicted octanol–water partition coefficient (Wildman–Crippen LogP) is 6.91. The standard InChI is InChI=1S/C26H22BrN3O2S/c1-15-17(14-29)11-20(26(2,3)4)24(31)23(15)25(32)30-22-10-9-19(12-21(22)27)33-18-7-5-16(13-28)6-8-18/h5-12,31H,1-4H3,(H,30,32). The predicted molar refractivity (Wildman–Crippen MR) is 134 cm³/mol. The van der Waals surface area contributed by atoms with Gasteiger partial charge in [-0.15, -0.1) is 0 Å². The first-order valence-corrected chi connectivity index (χ1v) is 11.7. The molecule has 0 saturated carbocycles. The van der Waals surface area contributed by atoms with Crippen molar-refractivity contribution in [2.45, 2.75) is 42.9 Å². The van der Waals surface area contributed by atoms with Crippen LogP contribution in [0.25, 0.3) is 0 Å². The Morgan fingerprint density at radius 3 is 2.21 bits per heavy atom. The third-order valence-electron chi connectivity index (χ3n) is 5.12. The first-order chi connectivity index (χ1) is 15.5. The largest absolute Gasteiger partial charge is 0.507 e. The van der Waals surface area contributed by atoms with Gasteiger partial charge < -0.3 is 10.4 Å². The lowest BCUT2D eigenvalue weighted by molar-refractivity contribution is 0.102. The minimum Gasteiger partial charge on any atom is -0.507 e. The number of nitrogens with zero attached hydrogens (tertiary/aromatic N) is 2. The molecule has 3 aromatic carbocycles. The van der Waals surface area contributed by atoms with Crippen molar-refractivity contribution in [3.8, 4) is 17.9 Å². The van der Waals surface area contributed by atoms with Crippen LogP contribution in [-0.4, -0.2) is 11.0 Å². The number of carbonyl (C=O) groups is 1. The highest BCUT2D eigenvalue weighted by atomic mass is 79.9. The minimum absolute atomic E-state index is 0.0990. The lowest BCUT2D eigenvalue weighted by Crippen LogP contribution is -2.19. The fourth-order valence-electron chi connectivity index (χ4n) is 3.31. The number of amides is 1. The van der Waals surface area contributed by atoms with Crippen molar-refractivity contribution in [2.75, 3.05) is 5.32 Å². The van der Waals surface area contributed by atoms with Crippen molar-refractivity contribution in [2.24, 2.45) is 0 Å². The number of rotatable bonds is 4. The van der Waals surface area contributed by atoms with Gasteiger partial charge in [0, 0.05) is 19.8 Å². The van der Waals surface area contributed by atoms with Crippen LogP contribution >= 0.6 is 27.7 Å². The Bertz CT molecular complexity index is 1310. The van der Waals surface area contributed by atoms with Gasteiger partial charge >= 0.3 is 0 Å². The van der Waals surface area contributed by atoms with Crippen molar-refractivity contribution in [1.82, 2.24) is 0 Å². The Balaban J connectivity index is 1.89. The maximum absolute atomic E-state index is 13.2. The van der Waals surface area contributed by atoms with E-state index in [1.807, 2.05) is 45.0 Å². The van der Waals surface area contributed by atoms with Gasteiger partial charge in [-0.25, -0.2) is 0 Å². The molecule has 166 valence electrons. The van der Waals surface area contributed by atoms with Crippen LogP contribution in [0, 0.1) is 29.6 Å². The summed E-state index contributed by atoms with van der Waals surface area (Å²) < 4.78 is 0.680. The second-order valence-corrected chi connectivity index (χ2v) is 10.5. The Morgan fingerprint density at radius 1 is 1.03 bits per heavy atom. The molecule has 0 aliphatic carbocycles. The number of carbonyl (C=O) groups excluding carboxylic acids is 1. The number of aromatic hydroxyl groups is 1.